The van der Waals surface area contributed by atoms with E-state index in [1.54, 1.807) is 0 Å². The van der Waals surface area contributed by atoms with Crippen LogP contribution in [0.4, 0.5) is 0 Å². The molecular weight excluding hydrogens is 306 g/mol. The van der Waals surface area contributed by atoms with Crippen LogP contribution in [0.25, 0.3) is 0 Å². The first-order valence-electron chi connectivity index (χ1n) is 6.50. The molecule has 2 rings (SSSR count). The van der Waals surface area contributed by atoms with Gasteiger partial charge in [0.2, 0.25) is 0 Å². The van der Waals surface area contributed by atoms with Crippen LogP contribution >= 0.6 is 23.8 Å². The Bertz CT molecular complexity index is 584. The van der Waals surface area contributed by atoms with Gasteiger partial charge in [-0.15, -0.1) is 0 Å². The van der Waals surface area contributed by atoms with Crippen LogP contribution in [0.15, 0.2) is 48.5 Å². The molecule has 0 aromatic heterocycles. The third kappa shape index (κ3) is 5.34. The van der Waals surface area contributed by atoms with Gasteiger partial charge in [-0.25, -0.2) is 0 Å². The van der Waals surface area contributed by atoms with Crippen LogP contribution in [0, 0.1) is 0 Å². The molecule has 0 saturated heterocycles. The highest BCUT2D eigenvalue weighted by atomic mass is 35.5. The van der Waals surface area contributed by atoms with E-state index in [9.17, 15) is 0 Å². The van der Waals surface area contributed by atoms with Gasteiger partial charge in [-0.05, 0) is 42.0 Å². The molecule has 21 heavy (non-hydrogen) atoms. The number of hydrogen-bond donors (Lipinski definition) is 1. The van der Waals surface area contributed by atoms with Crippen LogP contribution in [0.3, 0.4) is 0 Å². The number of ether oxygens (including phenoxy) is 2. The Labute approximate surface area is 134 Å². The van der Waals surface area contributed by atoms with E-state index < -0.39 is 0 Å². The highest BCUT2D eigenvalue weighted by molar-refractivity contribution is 7.80. The molecule has 0 bridgehead atoms. The smallest absolute Gasteiger partial charge is 0.119 e. The summed E-state index contributed by atoms with van der Waals surface area (Å²) in [5.41, 5.74) is 7.44. The van der Waals surface area contributed by atoms with E-state index in [-0.39, 0.29) is 0 Å². The maximum Gasteiger partial charge on any atom is 0.119 e. The summed E-state index contributed by atoms with van der Waals surface area (Å²) < 4.78 is 11.1. The highest BCUT2D eigenvalue weighted by Crippen LogP contribution is 2.12. The Morgan fingerprint density at radius 2 is 1.67 bits per heavy atom. The second-order valence-corrected chi connectivity index (χ2v) is 5.29. The number of hydrogen-bond acceptors (Lipinski definition) is 3. The molecule has 5 heteroatoms. The van der Waals surface area contributed by atoms with Crippen molar-refractivity contribution in [3.05, 3.63) is 64.7 Å². The van der Waals surface area contributed by atoms with E-state index in [0.717, 1.165) is 21.9 Å². The molecule has 0 spiro atoms. The summed E-state index contributed by atoms with van der Waals surface area (Å²) in [6, 6.07) is 14.9. The van der Waals surface area contributed by atoms with Crippen LogP contribution in [0.2, 0.25) is 5.02 Å². The Balaban J connectivity index is 1.67. The molecule has 0 atom stereocenters. The third-order valence-electron chi connectivity index (χ3n) is 2.82. The van der Waals surface area contributed by atoms with Gasteiger partial charge in [0.05, 0.1) is 13.2 Å². The van der Waals surface area contributed by atoms with Crippen molar-refractivity contribution in [2.45, 2.75) is 6.61 Å². The molecule has 2 aromatic carbocycles. The monoisotopic (exact) mass is 321 g/mol. The quantitative estimate of drug-likeness (QED) is 0.625. The van der Waals surface area contributed by atoms with Crippen molar-refractivity contribution in [2.75, 3.05) is 13.2 Å². The Kier molecular flexibility index (Phi) is 5.99. The summed E-state index contributed by atoms with van der Waals surface area (Å²) in [4.78, 5) is 0.382. The second kappa shape index (κ2) is 7.98. The SMILES string of the molecule is NC(=S)c1ccc(OCCOCc2ccc(Cl)cc2)cc1. The zero-order chi connectivity index (χ0) is 15.1. The first-order chi connectivity index (χ1) is 10.1. The molecule has 3 nitrogen and oxygen atoms in total. The molecule has 2 aromatic rings. The van der Waals surface area contributed by atoms with Crippen LogP contribution in [0.1, 0.15) is 11.1 Å². The van der Waals surface area contributed by atoms with E-state index in [2.05, 4.69) is 0 Å². The van der Waals surface area contributed by atoms with Gasteiger partial charge >= 0.3 is 0 Å². The van der Waals surface area contributed by atoms with Crippen LogP contribution < -0.4 is 10.5 Å². The number of benzene rings is 2. The van der Waals surface area contributed by atoms with Crippen LogP contribution in [0.5, 0.6) is 5.75 Å². The molecule has 0 saturated carbocycles. The predicted molar refractivity (Wildman–Crippen MR) is 88.9 cm³/mol. The first kappa shape index (κ1) is 15.8. The fraction of sp³-hybridized carbons (Fsp3) is 0.188. The number of nitrogens with two attached hydrogens (primary N) is 1. The molecule has 110 valence electrons. The molecule has 0 heterocycles. The molecule has 0 unspecified atom stereocenters. The second-order valence-electron chi connectivity index (χ2n) is 4.42. The lowest BCUT2D eigenvalue weighted by atomic mass is 10.2. The topological polar surface area (TPSA) is 44.5 Å². The maximum absolute atomic E-state index is 5.82. The zero-order valence-corrected chi connectivity index (χ0v) is 13.0. The maximum atomic E-state index is 5.82. The van der Waals surface area contributed by atoms with Crippen LogP contribution in [-0.4, -0.2) is 18.2 Å². The third-order valence-corrected chi connectivity index (χ3v) is 3.30. The summed E-state index contributed by atoms with van der Waals surface area (Å²) in [6.45, 7) is 1.54. The van der Waals surface area contributed by atoms with Crippen molar-refractivity contribution in [1.82, 2.24) is 0 Å². The van der Waals surface area contributed by atoms with Crippen molar-refractivity contribution in [2.24, 2.45) is 5.73 Å². The van der Waals surface area contributed by atoms with E-state index in [1.165, 1.54) is 0 Å². The van der Waals surface area contributed by atoms with Gasteiger partial charge in [0.25, 0.3) is 0 Å². The van der Waals surface area contributed by atoms with Gasteiger partial charge in [0, 0.05) is 10.6 Å². The first-order valence-corrected chi connectivity index (χ1v) is 7.28. The molecular formula is C16H16ClNO2S. The van der Waals surface area contributed by atoms with Gasteiger partial charge in [-0.2, -0.15) is 0 Å². The minimum Gasteiger partial charge on any atom is -0.491 e. The molecule has 0 amide bonds. The molecule has 2 N–H and O–H groups in total. The average molecular weight is 322 g/mol. The summed E-state index contributed by atoms with van der Waals surface area (Å²) >= 11 is 10.7. The lowest BCUT2D eigenvalue weighted by Crippen LogP contribution is -2.09. The molecule has 0 aliphatic rings. The zero-order valence-electron chi connectivity index (χ0n) is 11.4. The van der Waals surface area contributed by atoms with Gasteiger partial charge < -0.3 is 15.2 Å². The van der Waals surface area contributed by atoms with Gasteiger partial charge in [0.1, 0.15) is 17.3 Å². The van der Waals surface area contributed by atoms with Gasteiger partial charge in [-0.3, -0.25) is 0 Å². The van der Waals surface area contributed by atoms with Crippen LogP contribution in [-0.2, 0) is 11.3 Å². The average Bonchev–Trinajstić information content (AvgIpc) is 2.49. The molecule has 0 fully saturated rings. The minimum absolute atomic E-state index is 0.382. The lowest BCUT2D eigenvalue weighted by molar-refractivity contribution is 0.0889. The summed E-state index contributed by atoms with van der Waals surface area (Å²) in [6.07, 6.45) is 0. The van der Waals surface area contributed by atoms with Crippen molar-refractivity contribution >= 4 is 28.8 Å². The fourth-order valence-electron chi connectivity index (χ4n) is 1.70. The summed E-state index contributed by atoms with van der Waals surface area (Å²) in [7, 11) is 0. The number of thiocarbonyl (C=S) groups is 1. The van der Waals surface area contributed by atoms with Gasteiger partial charge in [-0.1, -0.05) is 36.0 Å². The summed E-state index contributed by atoms with van der Waals surface area (Å²) in [5.74, 6) is 0.769. The lowest BCUT2D eigenvalue weighted by Gasteiger charge is -2.08. The Morgan fingerprint density at radius 3 is 2.29 bits per heavy atom. The largest absolute Gasteiger partial charge is 0.491 e. The minimum atomic E-state index is 0.382. The number of rotatable bonds is 7. The highest BCUT2D eigenvalue weighted by Gasteiger charge is 1.98. The van der Waals surface area contributed by atoms with Crippen molar-refractivity contribution < 1.29 is 9.47 Å². The predicted octanol–water partition coefficient (Wildman–Crippen LogP) is 3.57. The Morgan fingerprint density at radius 1 is 1.00 bits per heavy atom. The van der Waals surface area contributed by atoms with Crippen molar-refractivity contribution in [3.63, 3.8) is 0 Å². The van der Waals surface area contributed by atoms with E-state index in [0.29, 0.717) is 24.8 Å². The summed E-state index contributed by atoms with van der Waals surface area (Å²) in [5, 5.41) is 0.725. The van der Waals surface area contributed by atoms with Gasteiger partial charge in [0.15, 0.2) is 0 Å². The Hall–Kier alpha value is -1.62. The number of halogens is 1. The van der Waals surface area contributed by atoms with Crippen molar-refractivity contribution in [3.8, 4) is 5.75 Å². The molecule has 0 aliphatic heterocycles. The van der Waals surface area contributed by atoms with Crippen molar-refractivity contribution in [1.29, 1.82) is 0 Å². The van der Waals surface area contributed by atoms with E-state index in [4.69, 9.17) is 39.0 Å². The normalized spacial score (nSPS) is 10.3. The van der Waals surface area contributed by atoms with E-state index >= 15 is 0 Å². The molecule has 0 radical (unpaired) electrons. The molecule has 0 aliphatic carbocycles. The standard InChI is InChI=1S/C16H16ClNO2S/c17-14-5-1-12(2-6-14)11-19-9-10-20-15-7-3-13(4-8-15)16(18)21/h1-8H,9-11H2,(H2,18,21). The van der Waals surface area contributed by atoms with E-state index in [1.807, 2.05) is 48.5 Å². The fourth-order valence-corrected chi connectivity index (χ4v) is 1.97.